The molecular weight excluding hydrogens is 182 g/mol. The molecule has 3 aliphatic rings. The Balaban J connectivity index is 1.71. The summed E-state index contributed by atoms with van der Waals surface area (Å²) in [4.78, 5) is 2.49. The lowest BCUT2D eigenvalue weighted by Crippen LogP contribution is -2.19. The molecule has 0 radical (unpaired) electrons. The van der Waals surface area contributed by atoms with E-state index in [0.717, 1.165) is 17.8 Å². The van der Waals surface area contributed by atoms with Crippen LogP contribution in [0.25, 0.3) is 0 Å². The monoisotopic (exact) mass is 203 g/mol. The molecule has 0 bridgehead atoms. The lowest BCUT2D eigenvalue weighted by Gasteiger charge is -2.20. The summed E-state index contributed by atoms with van der Waals surface area (Å²) in [6, 6.07) is 0. The van der Waals surface area contributed by atoms with Crippen molar-refractivity contribution in [3.8, 4) is 0 Å². The summed E-state index contributed by atoms with van der Waals surface area (Å²) in [6.07, 6.45) is 12.8. The van der Waals surface area contributed by atoms with Crippen LogP contribution in [0.15, 0.2) is 23.8 Å². The number of fused-ring (bicyclic) bond motifs is 1. The normalized spacial score (nSPS) is 40.6. The Morgan fingerprint density at radius 3 is 3.13 bits per heavy atom. The minimum Gasteiger partial charge on any atom is -0.306 e. The highest BCUT2D eigenvalue weighted by Gasteiger charge is 2.41. The molecule has 1 saturated carbocycles. The lowest BCUT2D eigenvalue weighted by atomic mass is 9.86. The highest BCUT2D eigenvalue weighted by atomic mass is 15.1. The van der Waals surface area contributed by atoms with Gasteiger partial charge in [-0.1, -0.05) is 23.8 Å². The summed E-state index contributed by atoms with van der Waals surface area (Å²) in [7, 11) is 2.26. The van der Waals surface area contributed by atoms with Gasteiger partial charge in [0.05, 0.1) is 0 Å². The van der Waals surface area contributed by atoms with Gasteiger partial charge in [0, 0.05) is 0 Å². The SMILES string of the molecule is CN1CCCC(C2=CC=CC3CC23)CC1. The fourth-order valence-corrected chi connectivity index (χ4v) is 3.26. The number of hydrogen-bond donors (Lipinski definition) is 0. The number of allylic oxidation sites excluding steroid dienone is 4. The van der Waals surface area contributed by atoms with E-state index in [4.69, 9.17) is 0 Å². The maximum atomic E-state index is 2.49. The summed E-state index contributed by atoms with van der Waals surface area (Å²) < 4.78 is 0. The maximum Gasteiger partial charge on any atom is -0.00161 e. The van der Waals surface area contributed by atoms with Gasteiger partial charge in [0.1, 0.15) is 0 Å². The van der Waals surface area contributed by atoms with Crippen LogP contribution in [0.2, 0.25) is 0 Å². The third kappa shape index (κ3) is 1.90. The number of likely N-dealkylation sites (tertiary alicyclic amines) is 1. The predicted molar refractivity (Wildman–Crippen MR) is 63.7 cm³/mol. The van der Waals surface area contributed by atoms with Crippen LogP contribution in [0.3, 0.4) is 0 Å². The van der Waals surface area contributed by atoms with E-state index in [2.05, 4.69) is 30.2 Å². The molecule has 2 aliphatic carbocycles. The van der Waals surface area contributed by atoms with Crippen LogP contribution >= 0.6 is 0 Å². The first-order valence-electron chi connectivity index (χ1n) is 6.41. The Labute approximate surface area is 92.8 Å². The van der Waals surface area contributed by atoms with E-state index in [1.165, 1.54) is 38.8 Å². The van der Waals surface area contributed by atoms with E-state index in [1.54, 1.807) is 5.57 Å². The summed E-state index contributed by atoms with van der Waals surface area (Å²) >= 11 is 0. The van der Waals surface area contributed by atoms with Crippen molar-refractivity contribution in [2.24, 2.45) is 17.8 Å². The minimum atomic E-state index is 0.898. The van der Waals surface area contributed by atoms with Crippen molar-refractivity contribution in [3.63, 3.8) is 0 Å². The fraction of sp³-hybridized carbons (Fsp3) is 0.714. The molecule has 1 heteroatoms. The molecule has 3 unspecified atom stereocenters. The Morgan fingerprint density at radius 1 is 1.27 bits per heavy atom. The molecule has 1 aliphatic heterocycles. The molecule has 0 amide bonds. The molecule has 0 aromatic heterocycles. The standard InChI is InChI=1S/C14H21N/c1-15-8-3-5-11(7-9-15)13-6-2-4-12-10-14(12)13/h2,4,6,11-12,14H,3,5,7-10H2,1H3. The molecule has 82 valence electrons. The average molecular weight is 203 g/mol. The van der Waals surface area contributed by atoms with E-state index in [1.807, 2.05) is 0 Å². The van der Waals surface area contributed by atoms with Crippen LogP contribution in [-0.4, -0.2) is 25.0 Å². The maximum absolute atomic E-state index is 2.49. The largest absolute Gasteiger partial charge is 0.306 e. The van der Waals surface area contributed by atoms with Crippen molar-refractivity contribution in [2.75, 3.05) is 20.1 Å². The quantitative estimate of drug-likeness (QED) is 0.633. The third-order valence-electron chi connectivity index (χ3n) is 4.34. The summed E-state index contributed by atoms with van der Waals surface area (Å²) in [5.41, 5.74) is 1.79. The van der Waals surface area contributed by atoms with Gasteiger partial charge >= 0.3 is 0 Å². The summed E-state index contributed by atoms with van der Waals surface area (Å²) in [5.74, 6) is 2.77. The molecule has 0 N–H and O–H groups in total. The Morgan fingerprint density at radius 2 is 2.20 bits per heavy atom. The number of hydrogen-bond acceptors (Lipinski definition) is 1. The first kappa shape index (κ1) is 9.65. The third-order valence-corrected chi connectivity index (χ3v) is 4.34. The molecule has 3 rings (SSSR count). The summed E-state index contributed by atoms with van der Waals surface area (Å²) in [6.45, 7) is 2.59. The highest BCUT2D eigenvalue weighted by Crippen LogP contribution is 2.51. The molecule has 1 heterocycles. The number of rotatable bonds is 1. The molecule has 3 atom stereocenters. The zero-order chi connectivity index (χ0) is 10.3. The van der Waals surface area contributed by atoms with Gasteiger partial charge in [0.2, 0.25) is 0 Å². The molecular formula is C14H21N. The second-order valence-electron chi connectivity index (χ2n) is 5.49. The molecule has 2 fully saturated rings. The van der Waals surface area contributed by atoms with E-state index >= 15 is 0 Å². The van der Waals surface area contributed by atoms with Crippen molar-refractivity contribution in [3.05, 3.63) is 23.8 Å². The molecule has 0 spiro atoms. The van der Waals surface area contributed by atoms with Gasteiger partial charge in [-0.15, -0.1) is 0 Å². The van der Waals surface area contributed by atoms with Crippen molar-refractivity contribution in [2.45, 2.75) is 25.7 Å². The second kappa shape index (κ2) is 3.79. The van der Waals surface area contributed by atoms with Gasteiger partial charge < -0.3 is 4.90 Å². The van der Waals surface area contributed by atoms with E-state index < -0.39 is 0 Å². The zero-order valence-corrected chi connectivity index (χ0v) is 9.65. The van der Waals surface area contributed by atoms with E-state index in [-0.39, 0.29) is 0 Å². The van der Waals surface area contributed by atoms with Crippen molar-refractivity contribution >= 4 is 0 Å². The van der Waals surface area contributed by atoms with Crippen LogP contribution in [0, 0.1) is 17.8 Å². The van der Waals surface area contributed by atoms with Crippen LogP contribution in [0.5, 0.6) is 0 Å². The Kier molecular flexibility index (Phi) is 2.44. The summed E-state index contributed by atoms with van der Waals surface area (Å²) in [5, 5.41) is 0. The predicted octanol–water partition coefficient (Wildman–Crippen LogP) is 2.85. The van der Waals surface area contributed by atoms with Crippen molar-refractivity contribution in [1.82, 2.24) is 4.90 Å². The van der Waals surface area contributed by atoms with Gasteiger partial charge in [-0.2, -0.15) is 0 Å². The van der Waals surface area contributed by atoms with Gasteiger partial charge in [-0.25, -0.2) is 0 Å². The van der Waals surface area contributed by atoms with E-state index in [0.29, 0.717) is 0 Å². The highest BCUT2D eigenvalue weighted by molar-refractivity contribution is 5.31. The molecule has 1 saturated heterocycles. The minimum absolute atomic E-state index is 0.898. The zero-order valence-electron chi connectivity index (χ0n) is 9.65. The van der Waals surface area contributed by atoms with Crippen molar-refractivity contribution in [1.29, 1.82) is 0 Å². The fourth-order valence-electron chi connectivity index (χ4n) is 3.26. The van der Waals surface area contributed by atoms with Crippen LogP contribution < -0.4 is 0 Å². The lowest BCUT2D eigenvalue weighted by molar-refractivity contribution is 0.344. The van der Waals surface area contributed by atoms with Gasteiger partial charge in [-0.05, 0) is 63.6 Å². The van der Waals surface area contributed by atoms with Gasteiger partial charge in [0.25, 0.3) is 0 Å². The van der Waals surface area contributed by atoms with Gasteiger partial charge in [-0.3, -0.25) is 0 Å². The second-order valence-corrected chi connectivity index (χ2v) is 5.49. The van der Waals surface area contributed by atoms with Crippen molar-refractivity contribution < 1.29 is 0 Å². The average Bonchev–Trinajstić information content (AvgIpc) is 3.01. The first-order valence-corrected chi connectivity index (χ1v) is 6.41. The topological polar surface area (TPSA) is 3.24 Å². The first-order chi connectivity index (χ1) is 7.34. The van der Waals surface area contributed by atoms with Crippen LogP contribution in [-0.2, 0) is 0 Å². The van der Waals surface area contributed by atoms with Crippen LogP contribution in [0.4, 0.5) is 0 Å². The Hall–Kier alpha value is -0.560. The number of nitrogens with zero attached hydrogens (tertiary/aromatic N) is 1. The molecule has 0 aromatic carbocycles. The Bertz CT molecular complexity index is 302. The molecule has 1 nitrogen and oxygen atoms in total. The molecule has 0 aromatic rings. The van der Waals surface area contributed by atoms with Gasteiger partial charge in [0.15, 0.2) is 0 Å². The molecule has 15 heavy (non-hydrogen) atoms. The van der Waals surface area contributed by atoms with E-state index in [9.17, 15) is 0 Å². The smallest absolute Gasteiger partial charge is 0.00161 e. The van der Waals surface area contributed by atoms with Crippen LogP contribution in [0.1, 0.15) is 25.7 Å².